The molecule has 154 valence electrons. The number of carbonyl (C=O) groups is 3. The van der Waals surface area contributed by atoms with Crippen molar-refractivity contribution >= 4 is 17.3 Å². The summed E-state index contributed by atoms with van der Waals surface area (Å²) in [5.41, 5.74) is -2.62. The summed E-state index contributed by atoms with van der Waals surface area (Å²) in [6.07, 6.45) is 2.21. The zero-order chi connectivity index (χ0) is 20.9. The van der Waals surface area contributed by atoms with E-state index < -0.39 is 34.6 Å². The summed E-state index contributed by atoms with van der Waals surface area (Å²) in [6.45, 7) is 11.8. The summed E-state index contributed by atoms with van der Waals surface area (Å²) >= 11 is 0. The van der Waals surface area contributed by atoms with Crippen molar-refractivity contribution in [2.45, 2.75) is 85.7 Å². The number of allylic oxidation sites excluding steroid dienone is 1. The Morgan fingerprint density at radius 3 is 1.89 bits per heavy atom. The van der Waals surface area contributed by atoms with Crippen LogP contribution in [0.5, 0.6) is 0 Å². The first-order valence-corrected chi connectivity index (χ1v) is 10.2. The third-order valence-corrected chi connectivity index (χ3v) is 5.30. The fraction of sp³-hybridized carbons (Fsp3) is 0.773. The van der Waals surface area contributed by atoms with Gasteiger partial charge in [0, 0.05) is 12.8 Å². The monoisotopic (exact) mass is 380 g/mol. The largest absolute Gasteiger partial charge is 0.508 e. The van der Waals surface area contributed by atoms with Crippen molar-refractivity contribution in [3.8, 4) is 0 Å². The van der Waals surface area contributed by atoms with Gasteiger partial charge in [-0.3, -0.25) is 14.4 Å². The zero-order valence-electron chi connectivity index (χ0n) is 17.7. The van der Waals surface area contributed by atoms with Crippen LogP contribution >= 0.6 is 0 Å². The van der Waals surface area contributed by atoms with E-state index in [1.54, 1.807) is 0 Å². The third kappa shape index (κ3) is 5.50. The third-order valence-electron chi connectivity index (χ3n) is 5.30. The van der Waals surface area contributed by atoms with Crippen molar-refractivity contribution < 1.29 is 24.6 Å². The van der Waals surface area contributed by atoms with Crippen LogP contribution in [-0.4, -0.2) is 33.2 Å². The van der Waals surface area contributed by atoms with Crippen LogP contribution in [0.4, 0.5) is 0 Å². The van der Waals surface area contributed by atoms with Gasteiger partial charge in [-0.25, -0.2) is 0 Å². The molecule has 0 aliphatic heterocycles. The Hall–Kier alpha value is -1.49. The number of hydrogen-bond donors (Lipinski definition) is 2. The molecule has 5 nitrogen and oxygen atoms in total. The van der Waals surface area contributed by atoms with Gasteiger partial charge in [-0.15, -0.1) is 0 Å². The van der Waals surface area contributed by atoms with Gasteiger partial charge in [0.1, 0.15) is 11.3 Å². The van der Waals surface area contributed by atoms with Crippen molar-refractivity contribution in [2.75, 3.05) is 0 Å². The van der Waals surface area contributed by atoms with Crippen LogP contribution in [0.2, 0.25) is 0 Å². The first-order valence-electron chi connectivity index (χ1n) is 10.2. The first kappa shape index (κ1) is 23.5. The second-order valence-electron chi connectivity index (χ2n) is 9.09. The standard InChI is InChI=1S/C22H36O5/c1-13(2)7-10-16-20(25)19(17(23)11-8-14(3)4)21(26)22(16,27)18(24)12-9-15(5)6/h13-16,26-27H,7-12H2,1-6H3/t16-,22?/m1/s1. The van der Waals surface area contributed by atoms with E-state index in [9.17, 15) is 24.6 Å². The highest BCUT2D eigenvalue weighted by Crippen LogP contribution is 2.42. The van der Waals surface area contributed by atoms with Gasteiger partial charge in [-0.05, 0) is 37.0 Å². The van der Waals surface area contributed by atoms with Gasteiger partial charge in [0.15, 0.2) is 23.0 Å². The molecule has 0 fully saturated rings. The Labute approximate surface area is 163 Å². The predicted molar refractivity (Wildman–Crippen MR) is 105 cm³/mol. The Morgan fingerprint density at radius 2 is 1.41 bits per heavy atom. The van der Waals surface area contributed by atoms with Gasteiger partial charge >= 0.3 is 0 Å². The van der Waals surface area contributed by atoms with E-state index in [4.69, 9.17) is 0 Å². The lowest BCUT2D eigenvalue weighted by molar-refractivity contribution is -0.145. The maximum Gasteiger partial charge on any atom is 0.190 e. The van der Waals surface area contributed by atoms with Gasteiger partial charge in [0.25, 0.3) is 0 Å². The highest BCUT2D eigenvalue weighted by atomic mass is 16.3. The Bertz CT molecular complexity index is 600. The number of rotatable bonds is 11. The molecular weight excluding hydrogens is 344 g/mol. The van der Waals surface area contributed by atoms with E-state index in [-0.39, 0.29) is 42.6 Å². The molecule has 0 aromatic carbocycles. The van der Waals surface area contributed by atoms with Crippen LogP contribution in [0.25, 0.3) is 0 Å². The van der Waals surface area contributed by atoms with Crippen LogP contribution < -0.4 is 0 Å². The van der Waals surface area contributed by atoms with Gasteiger partial charge in [-0.2, -0.15) is 0 Å². The molecule has 0 saturated heterocycles. The number of carbonyl (C=O) groups excluding carboxylic acids is 3. The van der Waals surface area contributed by atoms with E-state index in [1.165, 1.54) is 0 Å². The number of aliphatic hydroxyl groups is 2. The molecule has 1 rings (SSSR count). The summed E-state index contributed by atoms with van der Waals surface area (Å²) in [5, 5.41) is 21.8. The quantitative estimate of drug-likeness (QED) is 0.525. The van der Waals surface area contributed by atoms with Gasteiger partial charge in [0.05, 0.1) is 5.92 Å². The molecule has 0 aromatic rings. The lowest BCUT2D eigenvalue weighted by Crippen LogP contribution is -2.47. The first-order chi connectivity index (χ1) is 12.4. The van der Waals surface area contributed by atoms with Crippen molar-refractivity contribution in [1.82, 2.24) is 0 Å². The Morgan fingerprint density at radius 1 is 0.926 bits per heavy atom. The summed E-state index contributed by atoms with van der Waals surface area (Å²) in [6, 6.07) is 0. The highest BCUT2D eigenvalue weighted by Gasteiger charge is 2.58. The van der Waals surface area contributed by atoms with Crippen molar-refractivity contribution in [3.63, 3.8) is 0 Å². The molecule has 2 atom stereocenters. The van der Waals surface area contributed by atoms with Crippen LogP contribution in [0.3, 0.4) is 0 Å². The molecule has 0 aromatic heterocycles. The SMILES string of the molecule is CC(C)CCC(=O)C1=C(O)C(O)(C(=O)CCC(C)C)[C@H](CCC(C)C)C1=O. The molecule has 0 bridgehead atoms. The normalized spacial score (nSPS) is 23.2. The number of Topliss-reactive ketones (excluding diaryl/α,β-unsaturated/α-hetero) is 3. The molecule has 0 spiro atoms. The van der Waals surface area contributed by atoms with Crippen LogP contribution in [0, 0.1) is 23.7 Å². The van der Waals surface area contributed by atoms with Crippen molar-refractivity contribution in [3.05, 3.63) is 11.3 Å². The summed E-state index contributed by atoms with van der Waals surface area (Å²) in [7, 11) is 0. The van der Waals surface area contributed by atoms with Crippen LogP contribution in [0.1, 0.15) is 80.1 Å². The molecule has 0 saturated carbocycles. The van der Waals surface area contributed by atoms with Crippen LogP contribution in [0.15, 0.2) is 11.3 Å². The molecule has 1 unspecified atom stereocenters. The zero-order valence-corrected chi connectivity index (χ0v) is 17.7. The molecule has 1 aliphatic rings. The van der Waals surface area contributed by atoms with E-state index in [0.717, 1.165) is 0 Å². The number of hydrogen-bond acceptors (Lipinski definition) is 5. The van der Waals surface area contributed by atoms with Gasteiger partial charge in [-0.1, -0.05) is 48.0 Å². The fourth-order valence-electron chi connectivity index (χ4n) is 3.43. The molecule has 0 amide bonds. The molecule has 0 heterocycles. The second-order valence-corrected chi connectivity index (χ2v) is 9.09. The fourth-order valence-corrected chi connectivity index (χ4v) is 3.43. The van der Waals surface area contributed by atoms with Crippen LogP contribution in [-0.2, 0) is 14.4 Å². The molecule has 2 N–H and O–H groups in total. The molecular formula is C22H36O5. The Kier molecular flexibility index (Phi) is 8.40. The molecule has 0 radical (unpaired) electrons. The lowest BCUT2D eigenvalue weighted by atomic mass is 9.79. The maximum atomic E-state index is 12.9. The lowest BCUT2D eigenvalue weighted by Gasteiger charge is -2.28. The second kappa shape index (κ2) is 9.63. The topological polar surface area (TPSA) is 91.7 Å². The average Bonchev–Trinajstić information content (AvgIpc) is 2.75. The Balaban J connectivity index is 3.22. The summed E-state index contributed by atoms with van der Waals surface area (Å²) in [4.78, 5) is 38.3. The molecule has 27 heavy (non-hydrogen) atoms. The molecule has 5 heteroatoms. The van der Waals surface area contributed by atoms with Crippen molar-refractivity contribution in [2.24, 2.45) is 23.7 Å². The summed E-state index contributed by atoms with van der Waals surface area (Å²) < 4.78 is 0. The van der Waals surface area contributed by atoms with Gasteiger partial charge < -0.3 is 10.2 Å². The van der Waals surface area contributed by atoms with Crippen molar-refractivity contribution in [1.29, 1.82) is 0 Å². The van der Waals surface area contributed by atoms with E-state index in [2.05, 4.69) is 0 Å². The average molecular weight is 381 g/mol. The van der Waals surface area contributed by atoms with E-state index >= 15 is 0 Å². The van der Waals surface area contributed by atoms with E-state index in [0.29, 0.717) is 19.3 Å². The minimum atomic E-state index is -2.26. The molecule has 1 aliphatic carbocycles. The minimum Gasteiger partial charge on any atom is -0.508 e. The van der Waals surface area contributed by atoms with E-state index in [1.807, 2.05) is 41.5 Å². The highest BCUT2D eigenvalue weighted by molar-refractivity contribution is 6.25. The number of ketones is 3. The minimum absolute atomic E-state index is 0.0666. The predicted octanol–water partition coefficient (Wildman–Crippen LogP) is 4.18. The summed E-state index contributed by atoms with van der Waals surface area (Å²) in [5.74, 6) is -2.62. The maximum absolute atomic E-state index is 12.9. The number of aliphatic hydroxyl groups excluding tert-OH is 1. The smallest absolute Gasteiger partial charge is 0.190 e. The van der Waals surface area contributed by atoms with Gasteiger partial charge in [0.2, 0.25) is 0 Å².